The molecule has 3 N–H and O–H groups in total. The van der Waals surface area contributed by atoms with Gasteiger partial charge in [-0.3, -0.25) is 5.84 Å². The van der Waals surface area contributed by atoms with Crippen molar-refractivity contribution < 1.29 is 0 Å². The Labute approximate surface area is 113 Å². The van der Waals surface area contributed by atoms with E-state index in [-0.39, 0.29) is 6.04 Å². The van der Waals surface area contributed by atoms with Crippen LogP contribution in [0, 0.1) is 0 Å². The molecule has 0 bridgehead atoms. The van der Waals surface area contributed by atoms with Gasteiger partial charge in [0.05, 0.1) is 0 Å². The average molecular weight is 256 g/mol. The van der Waals surface area contributed by atoms with Crippen molar-refractivity contribution in [1.29, 1.82) is 0 Å². The van der Waals surface area contributed by atoms with Gasteiger partial charge in [-0.05, 0) is 42.9 Å². The molecule has 0 aliphatic heterocycles. The van der Waals surface area contributed by atoms with E-state index < -0.39 is 0 Å². The highest BCUT2D eigenvalue weighted by molar-refractivity contribution is 5.38. The Morgan fingerprint density at radius 1 is 1.37 bits per heavy atom. The highest BCUT2D eigenvalue weighted by Crippen LogP contribution is 2.27. The van der Waals surface area contributed by atoms with Crippen molar-refractivity contribution in [3.63, 3.8) is 0 Å². The first-order chi connectivity index (χ1) is 9.33. The summed E-state index contributed by atoms with van der Waals surface area (Å²) in [5.74, 6) is 6.74. The molecule has 1 aliphatic rings. The van der Waals surface area contributed by atoms with Crippen LogP contribution in [-0.2, 0) is 19.4 Å². The lowest BCUT2D eigenvalue weighted by Gasteiger charge is -2.18. The van der Waals surface area contributed by atoms with Gasteiger partial charge in [-0.2, -0.15) is 0 Å². The van der Waals surface area contributed by atoms with E-state index in [0.717, 1.165) is 12.4 Å². The zero-order valence-electron chi connectivity index (χ0n) is 11.3. The largest absolute Gasteiger partial charge is 0.334 e. The fourth-order valence-corrected chi connectivity index (χ4v) is 2.94. The average Bonchev–Trinajstić information content (AvgIpc) is 3.07. The molecule has 4 nitrogen and oxygen atoms in total. The molecule has 0 amide bonds. The van der Waals surface area contributed by atoms with E-state index >= 15 is 0 Å². The first-order valence-corrected chi connectivity index (χ1v) is 6.92. The summed E-state index contributed by atoms with van der Waals surface area (Å²) in [4.78, 5) is 4.45. The highest BCUT2D eigenvalue weighted by Gasteiger charge is 2.19. The fourth-order valence-electron chi connectivity index (χ4n) is 2.94. The van der Waals surface area contributed by atoms with E-state index in [1.54, 1.807) is 0 Å². The molecule has 19 heavy (non-hydrogen) atoms. The standard InChI is InChI=1S/C15H20N4/c1-2-19-9-8-17-15(19)14(18-16)13-7-6-11-4-3-5-12(11)10-13/h6-10,14,18H,2-5,16H2,1H3. The van der Waals surface area contributed by atoms with Gasteiger partial charge in [0.2, 0.25) is 0 Å². The molecule has 1 aromatic carbocycles. The molecule has 0 fully saturated rings. The van der Waals surface area contributed by atoms with Crippen molar-refractivity contribution in [2.24, 2.45) is 5.84 Å². The summed E-state index contributed by atoms with van der Waals surface area (Å²) < 4.78 is 2.12. The second-order valence-corrected chi connectivity index (χ2v) is 5.05. The number of aryl methyl sites for hydroxylation is 3. The molecule has 1 aliphatic carbocycles. The van der Waals surface area contributed by atoms with Crippen molar-refractivity contribution in [1.82, 2.24) is 15.0 Å². The van der Waals surface area contributed by atoms with Gasteiger partial charge in [-0.15, -0.1) is 0 Å². The van der Waals surface area contributed by atoms with E-state index in [1.165, 1.54) is 36.0 Å². The lowest BCUT2D eigenvalue weighted by molar-refractivity contribution is 0.560. The highest BCUT2D eigenvalue weighted by atomic mass is 15.3. The minimum absolute atomic E-state index is 0.0409. The molecule has 1 atom stereocenters. The smallest absolute Gasteiger partial charge is 0.131 e. The number of nitrogens with zero attached hydrogens (tertiary/aromatic N) is 2. The number of fused-ring (bicyclic) bond motifs is 1. The van der Waals surface area contributed by atoms with Crippen LogP contribution in [0.25, 0.3) is 0 Å². The van der Waals surface area contributed by atoms with Crippen LogP contribution < -0.4 is 11.3 Å². The number of aromatic nitrogens is 2. The number of nitrogens with two attached hydrogens (primary N) is 1. The Hall–Kier alpha value is -1.65. The van der Waals surface area contributed by atoms with Crippen molar-refractivity contribution in [3.8, 4) is 0 Å². The monoisotopic (exact) mass is 256 g/mol. The van der Waals surface area contributed by atoms with Crippen LogP contribution >= 0.6 is 0 Å². The molecule has 4 heteroatoms. The van der Waals surface area contributed by atoms with Gasteiger partial charge in [0.1, 0.15) is 11.9 Å². The molecule has 0 saturated heterocycles. The molecule has 3 rings (SSSR count). The second kappa shape index (κ2) is 5.15. The van der Waals surface area contributed by atoms with E-state index in [4.69, 9.17) is 5.84 Å². The number of rotatable bonds is 4. The Morgan fingerprint density at radius 3 is 3.00 bits per heavy atom. The number of benzene rings is 1. The van der Waals surface area contributed by atoms with Gasteiger partial charge < -0.3 is 4.57 Å². The van der Waals surface area contributed by atoms with Crippen LogP contribution in [0.15, 0.2) is 30.6 Å². The maximum absolute atomic E-state index is 5.76. The number of imidazole rings is 1. The summed E-state index contributed by atoms with van der Waals surface area (Å²) in [6, 6.07) is 6.65. The molecule has 2 aromatic rings. The maximum Gasteiger partial charge on any atom is 0.131 e. The normalized spacial score (nSPS) is 15.5. The molecule has 100 valence electrons. The van der Waals surface area contributed by atoms with Gasteiger partial charge in [-0.25, -0.2) is 10.4 Å². The van der Waals surface area contributed by atoms with Gasteiger partial charge in [0.25, 0.3) is 0 Å². The summed E-state index contributed by atoms with van der Waals surface area (Å²) in [6.07, 6.45) is 7.48. The minimum atomic E-state index is -0.0409. The number of hydrogen-bond acceptors (Lipinski definition) is 3. The van der Waals surface area contributed by atoms with Crippen LogP contribution in [0.2, 0.25) is 0 Å². The van der Waals surface area contributed by atoms with Crippen LogP contribution in [0.3, 0.4) is 0 Å². The third-order valence-corrected chi connectivity index (χ3v) is 3.97. The zero-order valence-corrected chi connectivity index (χ0v) is 11.3. The second-order valence-electron chi connectivity index (χ2n) is 5.05. The van der Waals surface area contributed by atoms with Crippen LogP contribution in [0.1, 0.15) is 41.9 Å². The molecule has 0 radical (unpaired) electrons. The Kier molecular flexibility index (Phi) is 3.36. The summed E-state index contributed by atoms with van der Waals surface area (Å²) >= 11 is 0. The zero-order chi connectivity index (χ0) is 13.2. The minimum Gasteiger partial charge on any atom is -0.334 e. The van der Waals surface area contributed by atoms with E-state index in [9.17, 15) is 0 Å². The lowest BCUT2D eigenvalue weighted by atomic mass is 10.0. The molecule has 0 saturated carbocycles. The number of hydrazine groups is 1. The van der Waals surface area contributed by atoms with Crippen LogP contribution in [0.5, 0.6) is 0 Å². The lowest BCUT2D eigenvalue weighted by Crippen LogP contribution is -2.31. The summed E-state index contributed by atoms with van der Waals surface area (Å²) in [5, 5.41) is 0. The van der Waals surface area contributed by atoms with Gasteiger partial charge in [0.15, 0.2) is 0 Å². The van der Waals surface area contributed by atoms with Crippen LogP contribution in [-0.4, -0.2) is 9.55 Å². The first-order valence-electron chi connectivity index (χ1n) is 6.92. The SMILES string of the molecule is CCn1ccnc1C(NN)c1ccc2c(c1)CCC2. The molecule has 1 aromatic heterocycles. The van der Waals surface area contributed by atoms with Gasteiger partial charge in [-0.1, -0.05) is 18.2 Å². The topological polar surface area (TPSA) is 55.9 Å². The predicted molar refractivity (Wildman–Crippen MR) is 75.5 cm³/mol. The molecular weight excluding hydrogens is 236 g/mol. The Morgan fingerprint density at radius 2 is 2.21 bits per heavy atom. The van der Waals surface area contributed by atoms with E-state index in [1.807, 2.05) is 12.4 Å². The summed E-state index contributed by atoms with van der Waals surface area (Å²) in [7, 11) is 0. The fraction of sp³-hybridized carbons (Fsp3) is 0.400. The predicted octanol–water partition coefficient (Wildman–Crippen LogP) is 1.94. The van der Waals surface area contributed by atoms with Crippen LogP contribution in [0.4, 0.5) is 0 Å². The number of hydrogen-bond donors (Lipinski definition) is 2. The van der Waals surface area contributed by atoms with Gasteiger partial charge >= 0.3 is 0 Å². The van der Waals surface area contributed by atoms with Crippen molar-refractivity contribution in [3.05, 3.63) is 53.1 Å². The summed E-state index contributed by atoms with van der Waals surface area (Å²) in [5.41, 5.74) is 7.05. The maximum atomic E-state index is 5.76. The third-order valence-electron chi connectivity index (χ3n) is 3.97. The van der Waals surface area contributed by atoms with Gasteiger partial charge in [0, 0.05) is 18.9 Å². The summed E-state index contributed by atoms with van der Waals surface area (Å²) in [6.45, 7) is 3.01. The molecule has 1 unspecified atom stereocenters. The molecule has 1 heterocycles. The van der Waals surface area contributed by atoms with Crippen molar-refractivity contribution in [2.45, 2.75) is 38.8 Å². The molecule has 0 spiro atoms. The van der Waals surface area contributed by atoms with E-state index in [0.29, 0.717) is 0 Å². The van der Waals surface area contributed by atoms with Crippen molar-refractivity contribution >= 4 is 0 Å². The van der Waals surface area contributed by atoms with E-state index in [2.05, 4.69) is 40.1 Å². The van der Waals surface area contributed by atoms with Crippen molar-refractivity contribution in [2.75, 3.05) is 0 Å². The third kappa shape index (κ3) is 2.17. The molecular formula is C15H20N4. The quantitative estimate of drug-likeness (QED) is 0.649. The Bertz CT molecular complexity index is 573. The number of nitrogens with one attached hydrogen (secondary N) is 1. The Balaban J connectivity index is 1.98. The first kappa shape index (κ1) is 12.4.